The number of nitrogens with zero attached hydrogens (tertiary/aromatic N) is 1. The van der Waals surface area contributed by atoms with E-state index in [9.17, 15) is 0 Å². The summed E-state index contributed by atoms with van der Waals surface area (Å²) in [5.74, 6) is 0. The predicted molar refractivity (Wildman–Crippen MR) is 111 cm³/mol. The van der Waals surface area contributed by atoms with Crippen molar-refractivity contribution in [3.8, 4) is 0 Å². The van der Waals surface area contributed by atoms with Crippen LogP contribution < -0.4 is 10.7 Å². The molecular formula is C20H22ClN3S. The first kappa shape index (κ1) is 17.9. The van der Waals surface area contributed by atoms with E-state index in [1.54, 1.807) is 0 Å². The van der Waals surface area contributed by atoms with Gasteiger partial charge < -0.3 is 5.32 Å². The molecule has 1 aliphatic rings. The van der Waals surface area contributed by atoms with Crippen molar-refractivity contribution in [2.75, 3.05) is 5.32 Å². The molecular weight excluding hydrogens is 350 g/mol. The van der Waals surface area contributed by atoms with Gasteiger partial charge in [-0.25, -0.2) is 0 Å². The summed E-state index contributed by atoms with van der Waals surface area (Å²) in [4.78, 5) is 0. The summed E-state index contributed by atoms with van der Waals surface area (Å²) in [6.07, 6.45) is 3.19. The van der Waals surface area contributed by atoms with Gasteiger partial charge in [0.25, 0.3) is 0 Å². The molecule has 0 heterocycles. The molecule has 5 heteroatoms. The molecule has 0 aliphatic heterocycles. The van der Waals surface area contributed by atoms with Gasteiger partial charge in [0, 0.05) is 16.3 Å². The summed E-state index contributed by atoms with van der Waals surface area (Å²) >= 11 is 11.5. The molecule has 0 saturated heterocycles. The maximum Gasteiger partial charge on any atom is 0.191 e. The zero-order valence-electron chi connectivity index (χ0n) is 14.7. The fourth-order valence-electron chi connectivity index (χ4n) is 3.28. The summed E-state index contributed by atoms with van der Waals surface area (Å²) in [5.41, 5.74) is 11.2. The van der Waals surface area contributed by atoms with Gasteiger partial charge in [-0.2, -0.15) is 5.10 Å². The van der Waals surface area contributed by atoms with E-state index in [2.05, 4.69) is 41.8 Å². The van der Waals surface area contributed by atoms with Crippen LogP contribution in [0.1, 0.15) is 40.7 Å². The van der Waals surface area contributed by atoms with E-state index in [0.717, 1.165) is 36.2 Å². The van der Waals surface area contributed by atoms with Gasteiger partial charge in [-0.1, -0.05) is 29.3 Å². The van der Waals surface area contributed by atoms with Crippen LogP contribution in [0.5, 0.6) is 0 Å². The zero-order chi connectivity index (χ0) is 18.0. The van der Waals surface area contributed by atoms with Crippen molar-refractivity contribution in [2.24, 2.45) is 5.10 Å². The van der Waals surface area contributed by atoms with Crippen LogP contribution in [0.15, 0.2) is 35.4 Å². The molecule has 0 atom stereocenters. The van der Waals surface area contributed by atoms with Crippen LogP contribution in [0.3, 0.4) is 0 Å². The molecule has 0 bridgehead atoms. The molecule has 3 rings (SSSR count). The second-order valence-electron chi connectivity index (χ2n) is 6.50. The Labute approximate surface area is 159 Å². The molecule has 0 amide bonds. The van der Waals surface area contributed by atoms with Crippen LogP contribution in [-0.2, 0) is 6.42 Å². The Morgan fingerprint density at radius 3 is 2.76 bits per heavy atom. The lowest BCUT2D eigenvalue weighted by Crippen LogP contribution is -2.27. The molecule has 0 fully saturated rings. The number of aryl methyl sites for hydroxylation is 2. The number of hydrogen-bond acceptors (Lipinski definition) is 2. The lowest BCUT2D eigenvalue weighted by molar-refractivity contribution is 0.821. The number of rotatable bonds is 2. The second-order valence-corrected chi connectivity index (χ2v) is 7.31. The number of fused-ring (bicyclic) bond motifs is 1. The number of hydrogen-bond donors (Lipinski definition) is 2. The molecule has 1 aliphatic carbocycles. The third kappa shape index (κ3) is 4.02. The van der Waals surface area contributed by atoms with Gasteiger partial charge in [0.1, 0.15) is 0 Å². The third-order valence-electron chi connectivity index (χ3n) is 4.58. The predicted octanol–water partition coefficient (Wildman–Crippen LogP) is 5.29. The molecule has 130 valence electrons. The molecule has 2 aromatic rings. The summed E-state index contributed by atoms with van der Waals surface area (Å²) in [6.45, 7) is 6.26. The molecule has 0 radical (unpaired) electrons. The average Bonchev–Trinajstić information content (AvgIpc) is 2.57. The Bertz CT molecular complexity index is 858. The zero-order valence-corrected chi connectivity index (χ0v) is 16.3. The summed E-state index contributed by atoms with van der Waals surface area (Å²) in [7, 11) is 0. The number of thiocarbonyl (C=S) groups is 1. The Balaban J connectivity index is 1.77. The van der Waals surface area contributed by atoms with Crippen molar-refractivity contribution < 1.29 is 0 Å². The number of hydrazone groups is 1. The van der Waals surface area contributed by atoms with Crippen molar-refractivity contribution in [1.29, 1.82) is 0 Å². The first-order chi connectivity index (χ1) is 12.0. The summed E-state index contributed by atoms with van der Waals surface area (Å²) in [5, 5.41) is 8.93. The van der Waals surface area contributed by atoms with Crippen molar-refractivity contribution >= 4 is 40.3 Å². The van der Waals surface area contributed by atoms with Crippen molar-refractivity contribution in [2.45, 2.75) is 40.0 Å². The maximum atomic E-state index is 6.15. The molecule has 0 unspecified atom stereocenters. The van der Waals surface area contributed by atoms with E-state index in [1.165, 1.54) is 22.3 Å². The van der Waals surface area contributed by atoms with Crippen LogP contribution in [0.25, 0.3) is 0 Å². The lowest BCUT2D eigenvalue weighted by atomic mass is 9.86. The number of anilines is 1. The molecule has 0 spiro atoms. The molecule has 0 aromatic heterocycles. The van der Waals surface area contributed by atoms with Crippen LogP contribution in [-0.4, -0.2) is 10.8 Å². The minimum Gasteiger partial charge on any atom is -0.331 e. The quantitative estimate of drug-likeness (QED) is 0.556. The summed E-state index contributed by atoms with van der Waals surface area (Å²) in [6, 6.07) is 10.2. The van der Waals surface area contributed by atoms with Crippen molar-refractivity contribution in [3.63, 3.8) is 0 Å². The first-order valence-corrected chi connectivity index (χ1v) is 9.23. The van der Waals surface area contributed by atoms with Crippen LogP contribution >= 0.6 is 23.8 Å². The topological polar surface area (TPSA) is 36.4 Å². The van der Waals surface area contributed by atoms with Crippen molar-refractivity contribution in [1.82, 2.24) is 5.43 Å². The van der Waals surface area contributed by atoms with E-state index < -0.39 is 0 Å². The Kier molecular flexibility index (Phi) is 5.40. The molecule has 2 aromatic carbocycles. The largest absolute Gasteiger partial charge is 0.331 e. The van der Waals surface area contributed by atoms with E-state index in [1.807, 2.05) is 25.1 Å². The highest BCUT2D eigenvalue weighted by Gasteiger charge is 2.18. The van der Waals surface area contributed by atoms with E-state index in [0.29, 0.717) is 10.1 Å². The fraction of sp³-hybridized carbons (Fsp3) is 0.300. The number of benzene rings is 2. The van der Waals surface area contributed by atoms with Gasteiger partial charge in [-0.15, -0.1) is 0 Å². The van der Waals surface area contributed by atoms with Crippen LogP contribution in [0.4, 0.5) is 5.69 Å². The second kappa shape index (κ2) is 7.54. The number of nitrogens with one attached hydrogen (secondary N) is 2. The van der Waals surface area contributed by atoms with Gasteiger partial charge >= 0.3 is 0 Å². The van der Waals surface area contributed by atoms with Crippen LogP contribution in [0, 0.1) is 20.8 Å². The summed E-state index contributed by atoms with van der Waals surface area (Å²) < 4.78 is 0. The van der Waals surface area contributed by atoms with Gasteiger partial charge in [0.15, 0.2) is 5.11 Å². The van der Waals surface area contributed by atoms with Crippen LogP contribution in [0.2, 0.25) is 5.02 Å². The first-order valence-electron chi connectivity index (χ1n) is 8.45. The van der Waals surface area contributed by atoms with E-state index in [4.69, 9.17) is 23.8 Å². The molecule has 25 heavy (non-hydrogen) atoms. The fourth-order valence-corrected chi connectivity index (χ4v) is 3.61. The lowest BCUT2D eigenvalue weighted by Gasteiger charge is -2.21. The minimum atomic E-state index is 0.467. The monoisotopic (exact) mass is 371 g/mol. The van der Waals surface area contributed by atoms with Gasteiger partial charge in [0.2, 0.25) is 0 Å². The minimum absolute atomic E-state index is 0.467. The molecule has 3 nitrogen and oxygen atoms in total. The van der Waals surface area contributed by atoms with Gasteiger partial charge in [-0.3, -0.25) is 5.43 Å². The Morgan fingerprint density at radius 1 is 1.16 bits per heavy atom. The third-order valence-corrected chi connectivity index (χ3v) is 5.18. The van der Waals surface area contributed by atoms with Gasteiger partial charge in [-0.05, 0) is 87.1 Å². The van der Waals surface area contributed by atoms with Gasteiger partial charge in [0.05, 0.1) is 5.71 Å². The SMILES string of the molecule is Cc1cc(C)c2c(c1)C(=NNC(=S)Nc1cccc(Cl)c1C)CCC2. The highest BCUT2D eigenvalue weighted by atomic mass is 35.5. The Morgan fingerprint density at radius 2 is 1.96 bits per heavy atom. The highest BCUT2D eigenvalue weighted by Crippen LogP contribution is 2.26. The van der Waals surface area contributed by atoms with E-state index >= 15 is 0 Å². The highest BCUT2D eigenvalue weighted by molar-refractivity contribution is 7.80. The standard InChI is InChI=1S/C20H22ClN3S/c1-12-10-13(2)15-6-4-9-19(16(15)11-12)23-24-20(25)22-18-8-5-7-17(21)14(18)3/h5,7-8,10-11H,4,6,9H2,1-3H3,(H2,22,24,25). The van der Waals surface area contributed by atoms with E-state index in [-0.39, 0.29) is 0 Å². The molecule has 2 N–H and O–H groups in total. The van der Waals surface area contributed by atoms with Crippen molar-refractivity contribution in [3.05, 3.63) is 63.2 Å². The molecule has 0 saturated carbocycles. The maximum absolute atomic E-state index is 6.15. The average molecular weight is 372 g/mol. The Hall–Kier alpha value is -1.91. The number of halogens is 1. The normalized spacial score (nSPS) is 15.0. The smallest absolute Gasteiger partial charge is 0.191 e.